The van der Waals surface area contributed by atoms with Crippen molar-refractivity contribution in [2.24, 2.45) is 4.99 Å². The lowest BCUT2D eigenvalue weighted by atomic mass is 10.1. The first-order valence-corrected chi connectivity index (χ1v) is 9.59. The highest BCUT2D eigenvalue weighted by Gasteiger charge is 2.27. The second kappa shape index (κ2) is 8.15. The van der Waals surface area contributed by atoms with Crippen molar-refractivity contribution in [3.8, 4) is 11.5 Å². The molecule has 25 heavy (non-hydrogen) atoms. The number of carbonyl (C=O) groups is 1. The number of nitrogens with zero attached hydrogens (tertiary/aromatic N) is 2. The molecular weight excluding hydrogens is 360 g/mol. The molecular formula is C18H21ClN2O3S. The molecule has 5 nitrogen and oxygen atoms in total. The molecule has 0 radical (unpaired) electrons. The Balaban J connectivity index is 1.82. The molecule has 0 bridgehead atoms. The first-order chi connectivity index (χ1) is 12.1. The number of piperidine rings is 1. The van der Waals surface area contributed by atoms with Crippen molar-refractivity contribution >= 4 is 40.5 Å². The molecule has 0 saturated carbocycles. The molecule has 2 aliphatic rings. The summed E-state index contributed by atoms with van der Waals surface area (Å²) in [5.41, 5.74) is 0.792. The predicted octanol–water partition coefficient (Wildman–Crippen LogP) is 4.20. The normalized spacial score (nSPS) is 19.3. The van der Waals surface area contributed by atoms with Gasteiger partial charge < -0.3 is 14.4 Å². The van der Waals surface area contributed by atoms with Gasteiger partial charge >= 0.3 is 0 Å². The molecule has 0 spiro atoms. The summed E-state index contributed by atoms with van der Waals surface area (Å²) in [6.45, 7) is 4.33. The second-order valence-corrected chi connectivity index (χ2v) is 7.24. The van der Waals surface area contributed by atoms with E-state index >= 15 is 0 Å². The maximum atomic E-state index is 12.3. The van der Waals surface area contributed by atoms with Gasteiger partial charge in [-0.25, -0.2) is 0 Å². The summed E-state index contributed by atoms with van der Waals surface area (Å²) in [6, 6.07) is 3.59. The number of ether oxygens (including phenoxy) is 2. The van der Waals surface area contributed by atoms with Gasteiger partial charge in [-0.05, 0) is 61.7 Å². The second-order valence-electron chi connectivity index (χ2n) is 5.83. The maximum absolute atomic E-state index is 12.3. The van der Waals surface area contributed by atoms with Crippen molar-refractivity contribution in [2.75, 3.05) is 26.8 Å². The molecule has 7 heteroatoms. The molecule has 1 saturated heterocycles. The SMILES string of the molecule is CCOc1cc(/C=C2\SC(N3CCCCC3)=NC2=O)cc(Cl)c1OC. The lowest BCUT2D eigenvalue weighted by Crippen LogP contribution is -2.33. The van der Waals surface area contributed by atoms with E-state index in [1.165, 1.54) is 18.2 Å². The van der Waals surface area contributed by atoms with Crippen LogP contribution < -0.4 is 9.47 Å². The number of carbonyl (C=O) groups excluding carboxylic acids is 1. The highest BCUT2D eigenvalue weighted by Crippen LogP contribution is 2.38. The van der Waals surface area contributed by atoms with Gasteiger partial charge in [-0.3, -0.25) is 4.79 Å². The van der Waals surface area contributed by atoms with Gasteiger partial charge in [-0.1, -0.05) is 11.6 Å². The summed E-state index contributed by atoms with van der Waals surface area (Å²) in [4.78, 5) is 19.3. The summed E-state index contributed by atoms with van der Waals surface area (Å²) < 4.78 is 10.9. The van der Waals surface area contributed by atoms with Gasteiger partial charge in [-0.2, -0.15) is 4.99 Å². The number of thioether (sulfide) groups is 1. The van der Waals surface area contributed by atoms with Gasteiger partial charge in [0.2, 0.25) is 0 Å². The molecule has 0 atom stereocenters. The van der Waals surface area contributed by atoms with Crippen LogP contribution in [0.5, 0.6) is 11.5 Å². The summed E-state index contributed by atoms with van der Waals surface area (Å²) in [5, 5.41) is 1.26. The predicted molar refractivity (Wildman–Crippen MR) is 103 cm³/mol. The van der Waals surface area contributed by atoms with Crippen LogP contribution in [0, 0.1) is 0 Å². The molecule has 134 valence electrons. The topological polar surface area (TPSA) is 51.1 Å². The Hall–Kier alpha value is -1.66. The summed E-state index contributed by atoms with van der Waals surface area (Å²) in [5.74, 6) is 0.869. The number of amidine groups is 1. The molecule has 2 aliphatic heterocycles. The van der Waals surface area contributed by atoms with Gasteiger partial charge in [0.05, 0.1) is 23.6 Å². The molecule has 1 amide bonds. The largest absolute Gasteiger partial charge is 0.491 e. The Kier molecular flexibility index (Phi) is 5.91. The van der Waals surface area contributed by atoms with E-state index in [1.807, 2.05) is 13.0 Å². The smallest absolute Gasteiger partial charge is 0.286 e. The average molecular weight is 381 g/mol. The minimum Gasteiger partial charge on any atom is -0.491 e. The molecule has 0 aromatic heterocycles. The quantitative estimate of drug-likeness (QED) is 0.732. The Labute approximate surface area is 157 Å². The lowest BCUT2D eigenvalue weighted by molar-refractivity contribution is -0.113. The van der Waals surface area contributed by atoms with Crippen molar-refractivity contribution < 1.29 is 14.3 Å². The number of benzene rings is 1. The van der Waals surface area contributed by atoms with Gasteiger partial charge in [0, 0.05) is 13.1 Å². The third-order valence-electron chi connectivity index (χ3n) is 4.07. The van der Waals surface area contributed by atoms with Crippen molar-refractivity contribution in [3.63, 3.8) is 0 Å². The van der Waals surface area contributed by atoms with Crippen LogP contribution in [0.15, 0.2) is 22.0 Å². The minimum absolute atomic E-state index is 0.199. The van der Waals surface area contributed by atoms with Crippen molar-refractivity contribution in [2.45, 2.75) is 26.2 Å². The lowest BCUT2D eigenvalue weighted by Gasteiger charge is -2.27. The Morgan fingerprint density at radius 3 is 2.76 bits per heavy atom. The van der Waals surface area contributed by atoms with Crippen LogP contribution in [0.2, 0.25) is 5.02 Å². The van der Waals surface area contributed by atoms with E-state index in [1.54, 1.807) is 19.3 Å². The van der Waals surface area contributed by atoms with E-state index in [0.29, 0.717) is 28.0 Å². The zero-order valence-corrected chi connectivity index (χ0v) is 16.0. The number of likely N-dealkylation sites (tertiary alicyclic amines) is 1. The third kappa shape index (κ3) is 4.12. The third-order valence-corrected chi connectivity index (χ3v) is 5.39. The van der Waals surface area contributed by atoms with Gasteiger partial charge in [0.1, 0.15) is 0 Å². The fourth-order valence-electron chi connectivity index (χ4n) is 2.90. The van der Waals surface area contributed by atoms with Crippen LogP contribution in [0.25, 0.3) is 6.08 Å². The minimum atomic E-state index is -0.199. The van der Waals surface area contributed by atoms with Crippen molar-refractivity contribution in [3.05, 3.63) is 27.6 Å². The van der Waals surface area contributed by atoms with E-state index < -0.39 is 0 Å². The van der Waals surface area contributed by atoms with Crippen LogP contribution in [0.1, 0.15) is 31.7 Å². The average Bonchev–Trinajstić information content (AvgIpc) is 2.97. The first kappa shape index (κ1) is 18.1. The Morgan fingerprint density at radius 1 is 1.32 bits per heavy atom. The summed E-state index contributed by atoms with van der Waals surface area (Å²) in [7, 11) is 1.55. The number of methoxy groups -OCH3 is 1. The van der Waals surface area contributed by atoms with E-state index in [2.05, 4.69) is 9.89 Å². The number of rotatable bonds is 4. The maximum Gasteiger partial charge on any atom is 0.286 e. The fraction of sp³-hybridized carbons (Fsp3) is 0.444. The van der Waals surface area contributed by atoms with E-state index in [4.69, 9.17) is 21.1 Å². The standard InChI is InChI=1S/C18H21ClN2O3S/c1-3-24-14-10-12(9-13(19)16(14)23-2)11-15-17(22)20-18(25-15)21-7-5-4-6-8-21/h9-11H,3-8H2,1-2H3/b15-11-. The highest BCUT2D eigenvalue weighted by molar-refractivity contribution is 8.18. The van der Waals surface area contributed by atoms with Crippen LogP contribution >= 0.6 is 23.4 Å². The van der Waals surface area contributed by atoms with Crippen LogP contribution in [-0.4, -0.2) is 42.8 Å². The van der Waals surface area contributed by atoms with Crippen LogP contribution in [0.3, 0.4) is 0 Å². The Bertz CT molecular complexity index is 727. The van der Waals surface area contributed by atoms with Crippen LogP contribution in [0.4, 0.5) is 0 Å². The zero-order valence-electron chi connectivity index (χ0n) is 14.4. The van der Waals surface area contributed by atoms with Gasteiger partial charge in [0.15, 0.2) is 16.7 Å². The van der Waals surface area contributed by atoms with Gasteiger partial charge in [-0.15, -0.1) is 0 Å². The first-order valence-electron chi connectivity index (χ1n) is 8.40. The molecule has 3 rings (SSSR count). The molecule has 2 heterocycles. The fourth-order valence-corrected chi connectivity index (χ4v) is 4.16. The molecule has 0 aliphatic carbocycles. The Morgan fingerprint density at radius 2 is 2.08 bits per heavy atom. The number of halogens is 1. The van der Waals surface area contributed by atoms with E-state index in [9.17, 15) is 4.79 Å². The van der Waals surface area contributed by atoms with Crippen LogP contribution in [-0.2, 0) is 4.79 Å². The van der Waals surface area contributed by atoms with E-state index in [0.717, 1.165) is 36.7 Å². The molecule has 0 unspecified atom stereocenters. The molecule has 1 aromatic rings. The summed E-state index contributed by atoms with van der Waals surface area (Å²) >= 11 is 7.71. The van der Waals surface area contributed by atoms with Crippen molar-refractivity contribution in [1.29, 1.82) is 0 Å². The monoisotopic (exact) mass is 380 g/mol. The molecule has 1 aromatic carbocycles. The van der Waals surface area contributed by atoms with Crippen molar-refractivity contribution in [1.82, 2.24) is 4.90 Å². The summed E-state index contributed by atoms with van der Waals surface area (Å²) in [6.07, 6.45) is 5.36. The molecule has 0 N–H and O–H groups in total. The highest BCUT2D eigenvalue weighted by atomic mass is 35.5. The number of amides is 1. The number of aliphatic imine (C=N–C) groups is 1. The number of hydrogen-bond acceptors (Lipinski definition) is 5. The molecule has 1 fully saturated rings. The number of hydrogen-bond donors (Lipinski definition) is 0. The van der Waals surface area contributed by atoms with E-state index in [-0.39, 0.29) is 5.91 Å². The zero-order chi connectivity index (χ0) is 17.8. The van der Waals surface area contributed by atoms with Gasteiger partial charge in [0.25, 0.3) is 5.91 Å².